The van der Waals surface area contributed by atoms with E-state index in [2.05, 4.69) is 13.8 Å². The van der Waals surface area contributed by atoms with E-state index in [1.165, 1.54) is 0 Å². The van der Waals surface area contributed by atoms with Crippen LogP contribution in [0.15, 0.2) is 12.1 Å². The number of hydrogen-bond donors (Lipinski definition) is 3. The molecule has 100 valence electrons. The molecule has 0 atom stereocenters. The van der Waals surface area contributed by atoms with Crippen LogP contribution in [-0.2, 0) is 4.74 Å². The summed E-state index contributed by atoms with van der Waals surface area (Å²) < 4.78 is 4.94. The Morgan fingerprint density at radius 2 is 1.78 bits per heavy atom. The highest BCUT2D eigenvalue weighted by Crippen LogP contribution is 2.32. The molecule has 1 rings (SSSR count). The number of hydrogen-bond acceptors (Lipinski definition) is 5. The van der Waals surface area contributed by atoms with Crippen molar-refractivity contribution in [2.24, 2.45) is 5.92 Å². The minimum Gasteiger partial charge on any atom is -0.508 e. The number of ether oxygens (including phenoxy) is 1. The Labute approximate surface area is 106 Å². The van der Waals surface area contributed by atoms with Gasteiger partial charge in [-0.3, -0.25) is 0 Å². The molecule has 0 saturated heterocycles. The van der Waals surface area contributed by atoms with Crippen LogP contribution in [-0.4, -0.2) is 27.9 Å². The second-order valence-electron chi connectivity index (χ2n) is 4.53. The van der Waals surface area contributed by atoms with Gasteiger partial charge in [0, 0.05) is 12.1 Å². The summed E-state index contributed by atoms with van der Waals surface area (Å²) in [5, 5.41) is 28.0. The summed E-state index contributed by atoms with van der Waals surface area (Å²) in [6, 6.07) is 1.95. The molecular weight excluding hydrogens is 236 g/mol. The maximum Gasteiger partial charge on any atom is 0.345 e. The van der Waals surface area contributed by atoms with Gasteiger partial charge in [0.25, 0.3) is 0 Å². The number of aromatic hydroxyl groups is 3. The standard InChI is InChI=1S/C13H18O5/c1-8(2)4-3-5-18-13(17)12-10(15)6-9(14)7-11(12)16/h6-8,14-16H,3-5H2,1-2H3. The van der Waals surface area contributed by atoms with Crippen molar-refractivity contribution < 1.29 is 24.9 Å². The van der Waals surface area contributed by atoms with Gasteiger partial charge in [-0.25, -0.2) is 4.79 Å². The van der Waals surface area contributed by atoms with Gasteiger partial charge in [-0.05, 0) is 18.8 Å². The van der Waals surface area contributed by atoms with Crippen LogP contribution in [0.25, 0.3) is 0 Å². The minimum atomic E-state index is -0.797. The van der Waals surface area contributed by atoms with Gasteiger partial charge < -0.3 is 20.1 Å². The lowest BCUT2D eigenvalue weighted by Crippen LogP contribution is -2.07. The van der Waals surface area contributed by atoms with E-state index in [1.54, 1.807) is 0 Å². The molecule has 5 heteroatoms. The Balaban J connectivity index is 2.62. The molecule has 0 aliphatic heterocycles. The zero-order valence-corrected chi connectivity index (χ0v) is 10.5. The van der Waals surface area contributed by atoms with Gasteiger partial charge in [-0.1, -0.05) is 13.8 Å². The second-order valence-corrected chi connectivity index (χ2v) is 4.53. The molecular formula is C13H18O5. The van der Waals surface area contributed by atoms with E-state index in [0.29, 0.717) is 5.92 Å². The summed E-state index contributed by atoms with van der Waals surface area (Å²) in [5.74, 6) is -1.59. The molecule has 0 bridgehead atoms. The van der Waals surface area contributed by atoms with E-state index in [1.807, 2.05) is 0 Å². The van der Waals surface area contributed by atoms with E-state index in [9.17, 15) is 15.0 Å². The van der Waals surface area contributed by atoms with Crippen LogP contribution in [0.5, 0.6) is 17.2 Å². The molecule has 1 aromatic carbocycles. The van der Waals surface area contributed by atoms with Crippen LogP contribution in [0.3, 0.4) is 0 Å². The monoisotopic (exact) mass is 254 g/mol. The van der Waals surface area contributed by atoms with Crippen LogP contribution >= 0.6 is 0 Å². The number of phenolic OH excluding ortho intramolecular Hbond substituents is 3. The van der Waals surface area contributed by atoms with Crippen LogP contribution in [0.4, 0.5) is 0 Å². The van der Waals surface area contributed by atoms with Crippen LogP contribution < -0.4 is 0 Å². The normalized spacial score (nSPS) is 10.6. The average Bonchev–Trinajstić information content (AvgIpc) is 2.22. The fourth-order valence-electron chi connectivity index (χ4n) is 1.54. The predicted octanol–water partition coefficient (Wildman–Crippen LogP) is 2.40. The molecule has 0 aromatic heterocycles. The Morgan fingerprint density at radius 3 is 2.28 bits per heavy atom. The summed E-state index contributed by atoms with van der Waals surface area (Å²) in [6.07, 6.45) is 1.66. The predicted molar refractivity (Wildman–Crippen MR) is 65.8 cm³/mol. The summed E-state index contributed by atoms with van der Waals surface area (Å²) in [6.45, 7) is 4.37. The Bertz CT molecular complexity index is 402. The summed E-state index contributed by atoms with van der Waals surface area (Å²) in [4.78, 5) is 11.6. The lowest BCUT2D eigenvalue weighted by Gasteiger charge is -2.09. The first kappa shape index (κ1) is 14.2. The molecule has 0 fully saturated rings. The summed E-state index contributed by atoms with van der Waals surface area (Å²) in [5.41, 5.74) is -0.322. The summed E-state index contributed by atoms with van der Waals surface area (Å²) >= 11 is 0. The number of esters is 1. The smallest absolute Gasteiger partial charge is 0.345 e. The average molecular weight is 254 g/mol. The first-order valence-electron chi connectivity index (χ1n) is 5.84. The number of carbonyl (C=O) groups excluding carboxylic acids is 1. The number of rotatable bonds is 5. The zero-order valence-electron chi connectivity index (χ0n) is 10.5. The van der Waals surface area contributed by atoms with Crippen molar-refractivity contribution >= 4 is 5.97 Å². The zero-order chi connectivity index (χ0) is 13.7. The molecule has 0 spiro atoms. The Morgan fingerprint density at radius 1 is 1.22 bits per heavy atom. The van der Waals surface area contributed by atoms with Crippen molar-refractivity contribution in [2.45, 2.75) is 26.7 Å². The van der Waals surface area contributed by atoms with Crippen LogP contribution in [0.2, 0.25) is 0 Å². The van der Waals surface area contributed by atoms with Crippen molar-refractivity contribution in [3.8, 4) is 17.2 Å². The van der Waals surface area contributed by atoms with Crippen molar-refractivity contribution in [1.29, 1.82) is 0 Å². The van der Waals surface area contributed by atoms with E-state index in [-0.39, 0.29) is 17.9 Å². The molecule has 0 saturated carbocycles. The van der Waals surface area contributed by atoms with Gasteiger partial charge >= 0.3 is 5.97 Å². The van der Waals surface area contributed by atoms with Gasteiger partial charge in [0.1, 0.15) is 22.8 Å². The van der Waals surface area contributed by atoms with Gasteiger partial charge in [0.15, 0.2) is 0 Å². The first-order valence-corrected chi connectivity index (χ1v) is 5.84. The highest BCUT2D eigenvalue weighted by molar-refractivity contribution is 5.95. The van der Waals surface area contributed by atoms with Crippen LogP contribution in [0.1, 0.15) is 37.0 Å². The van der Waals surface area contributed by atoms with Gasteiger partial charge in [-0.15, -0.1) is 0 Å². The third-order valence-electron chi connectivity index (χ3n) is 2.44. The molecule has 0 unspecified atom stereocenters. The van der Waals surface area contributed by atoms with Gasteiger partial charge in [0.05, 0.1) is 6.61 Å². The third kappa shape index (κ3) is 3.84. The molecule has 0 heterocycles. The van der Waals surface area contributed by atoms with Crippen molar-refractivity contribution in [3.63, 3.8) is 0 Å². The summed E-state index contributed by atoms with van der Waals surface area (Å²) in [7, 11) is 0. The molecule has 3 N–H and O–H groups in total. The fraction of sp³-hybridized carbons (Fsp3) is 0.462. The van der Waals surface area contributed by atoms with E-state index >= 15 is 0 Å². The highest BCUT2D eigenvalue weighted by Gasteiger charge is 2.19. The Hall–Kier alpha value is -1.91. The maximum absolute atomic E-state index is 11.6. The quantitative estimate of drug-likeness (QED) is 0.554. The number of carbonyl (C=O) groups is 1. The number of benzene rings is 1. The second kappa shape index (κ2) is 6.14. The minimum absolute atomic E-state index is 0.233. The molecule has 0 aliphatic rings. The fourth-order valence-corrected chi connectivity index (χ4v) is 1.54. The number of phenols is 3. The first-order chi connectivity index (χ1) is 8.41. The lowest BCUT2D eigenvalue weighted by atomic mass is 10.1. The highest BCUT2D eigenvalue weighted by atomic mass is 16.5. The maximum atomic E-state index is 11.6. The van der Waals surface area contributed by atoms with E-state index in [0.717, 1.165) is 25.0 Å². The van der Waals surface area contributed by atoms with E-state index in [4.69, 9.17) is 9.84 Å². The van der Waals surface area contributed by atoms with Crippen molar-refractivity contribution in [1.82, 2.24) is 0 Å². The molecule has 0 aliphatic carbocycles. The molecule has 5 nitrogen and oxygen atoms in total. The Kier molecular flexibility index (Phi) is 4.83. The van der Waals surface area contributed by atoms with Crippen LogP contribution in [0, 0.1) is 5.92 Å². The van der Waals surface area contributed by atoms with Crippen molar-refractivity contribution in [3.05, 3.63) is 17.7 Å². The molecule has 0 amide bonds. The SMILES string of the molecule is CC(C)CCCOC(=O)c1c(O)cc(O)cc1O. The van der Waals surface area contributed by atoms with E-state index < -0.39 is 17.5 Å². The van der Waals surface area contributed by atoms with Gasteiger partial charge in [0.2, 0.25) is 0 Å². The van der Waals surface area contributed by atoms with Gasteiger partial charge in [-0.2, -0.15) is 0 Å². The largest absolute Gasteiger partial charge is 0.508 e. The molecule has 1 aromatic rings. The lowest BCUT2D eigenvalue weighted by molar-refractivity contribution is 0.0488. The topological polar surface area (TPSA) is 87.0 Å². The van der Waals surface area contributed by atoms with Crippen molar-refractivity contribution in [2.75, 3.05) is 6.61 Å². The molecule has 18 heavy (non-hydrogen) atoms. The molecule has 0 radical (unpaired) electrons. The third-order valence-corrected chi connectivity index (χ3v) is 2.44.